The van der Waals surface area contributed by atoms with Gasteiger partial charge in [0.05, 0.1) is 12.8 Å². The molecular formula is C15H19Cl2NO3. The van der Waals surface area contributed by atoms with Gasteiger partial charge in [-0.25, -0.2) is 0 Å². The molecule has 0 spiro atoms. The number of benzene rings is 1. The van der Waals surface area contributed by atoms with Gasteiger partial charge in [0, 0.05) is 16.1 Å². The van der Waals surface area contributed by atoms with E-state index in [4.69, 9.17) is 28.3 Å². The number of carboxylic acids is 1. The Morgan fingerprint density at radius 1 is 1.29 bits per heavy atom. The number of aliphatic carboxylic acids is 1. The van der Waals surface area contributed by atoms with Crippen LogP contribution in [0.4, 0.5) is 0 Å². The molecule has 0 aliphatic heterocycles. The van der Waals surface area contributed by atoms with E-state index in [0.717, 1.165) is 0 Å². The Kier molecular flexibility index (Phi) is 6.05. The lowest BCUT2D eigenvalue weighted by molar-refractivity contribution is -0.138. The molecule has 4 nitrogen and oxygen atoms in total. The van der Waals surface area contributed by atoms with E-state index in [9.17, 15) is 9.59 Å². The largest absolute Gasteiger partial charge is 0.481 e. The van der Waals surface area contributed by atoms with Crippen molar-refractivity contribution in [3.8, 4) is 0 Å². The molecule has 0 aliphatic carbocycles. The summed E-state index contributed by atoms with van der Waals surface area (Å²) in [6.45, 7) is 5.66. The first-order valence-corrected chi connectivity index (χ1v) is 7.30. The number of carbonyl (C=O) groups excluding carboxylic acids is 1. The van der Waals surface area contributed by atoms with E-state index in [1.165, 1.54) is 0 Å². The molecule has 116 valence electrons. The molecule has 0 saturated carbocycles. The molecule has 0 heterocycles. The average molecular weight is 332 g/mol. The summed E-state index contributed by atoms with van der Waals surface area (Å²) in [4.78, 5) is 23.0. The van der Waals surface area contributed by atoms with Crippen molar-refractivity contribution in [2.45, 2.75) is 39.7 Å². The fourth-order valence-corrected chi connectivity index (χ4v) is 2.31. The highest BCUT2D eigenvalue weighted by Gasteiger charge is 2.28. The lowest BCUT2D eigenvalue weighted by atomic mass is 9.84. The summed E-state index contributed by atoms with van der Waals surface area (Å²) < 4.78 is 0. The molecule has 0 aliphatic rings. The maximum Gasteiger partial charge on any atom is 0.305 e. The Morgan fingerprint density at radius 3 is 2.38 bits per heavy atom. The first-order valence-electron chi connectivity index (χ1n) is 6.54. The van der Waals surface area contributed by atoms with Crippen LogP contribution in [-0.2, 0) is 16.0 Å². The summed E-state index contributed by atoms with van der Waals surface area (Å²) in [5.41, 5.74) is 0.305. The summed E-state index contributed by atoms with van der Waals surface area (Å²) in [6.07, 6.45) is -0.0359. The molecule has 0 bridgehead atoms. The zero-order valence-electron chi connectivity index (χ0n) is 12.2. The van der Waals surface area contributed by atoms with E-state index in [2.05, 4.69) is 5.32 Å². The van der Waals surface area contributed by atoms with Crippen molar-refractivity contribution in [1.29, 1.82) is 0 Å². The van der Waals surface area contributed by atoms with Gasteiger partial charge >= 0.3 is 5.97 Å². The van der Waals surface area contributed by atoms with Gasteiger partial charge in [-0.2, -0.15) is 0 Å². The van der Waals surface area contributed by atoms with Crippen molar-refractivity contribution >= 4 is 35.1 Å². The lowest BCUT2D eigenvalue weighted by Crippen LogP contribution is -2.45. The Morgan fingerprint density at radius 2 is 1.90 bits per heavy atom. The molecule has 1 aromatic rings. The van der Waals surface area contributed by atoms with Crippen LogP contribution in [0.2, 0.25) is 10.0 Å². The van der Waals surface area contributed by atoms with Gasteiger partial charge in [0.1, 0.15) is 0 Å². The molecule has 1 unspecified atom stereocenters. The van der Waals surface area contributed by atoms with Crippen molar-refractivity contribution in [1.82, 2.24) is 5.32 Å². The van der Waals surface area contributed by atoms with Crippen molar-refractivity contribution in [2.75, 3.05) is 0 Å². The molecule has 1 rings (SSSR count). The van der Waals surface area contributed by atoms with Crippen LogP contribution in [0.1, 0.15) is 32.8 Å². The highest BCUT2D eigenvalue weighted by Crippen LogP contribution is 2.24. The van der Waals surface area contributed by atoms with Crippen molar-refractivity contribution in [3.05, 3.63) is 33.8 Å². The van der Waals surface area contributed by atoms with Crippen molar-refractivity contribution in [3.63, 3.8) is 0 Å². The second-order valence-corrected chi connectivity index (χ2v) is 6.84. The van der Waals surface area contributed by atoms with E-state index in [1.807, 2.05) is 20.8 Å². The Labute approximate surface area is 134 Å². The van der Waals surface area contributed by atoms with Crippen LogP contribution < -0.4 is 5.32 Å². The van der Waals surface area contributed by atoms with Gasteiger partial charge in [-0.15, -0.1) is 0 Å². The zero-order chi connectivity index (χ0) is 16.2. The summed E-state index contributed by atoms with van der Waals surface area (Å²) in [5, 5.41) is 12.6. The standard InChI is InChI=1S/C15H19Cl2NO3/c1-15(2,3)12(8-14(20)21)18-13(19)6-9-4-5-10(16)7-11(9)17/h4-5,7,12H,6,8H2,1-3H3,(H,18,19)(H,20,21). The van der Waals surface area contributed by atoms with Crippen molar-refractivity contribution < 1.29 is 14.7 Å². The Balaban J connectivity index is 2.76. The van der Waals surface area contributed by atoms with Crippen LogP contribution >= 0.6 is 23.2 Å². The quantitative estimate of drug-likeness (QED) is 0.867. The fraction of sp³-hybridized carbons (Fsp3) is 0.467. The van der Waals surface area contributed by atoms with Gasteiger partial charge < -0.3 is 10.4 Å². The van der Waals surface area contributed by atoms with Gasteiger partial charge in [0.25, 0.3) is 0 Å². The molecule has 1 atom stereocenters. The third-order valence-corrected chi connectivity index (χ3v) is 3.71. The zero-order valence-corrected chi connectivity index (χ0v) is 13.8. The Hall–Kier alpha value is -1.26. The SMILES string of the molecule is CC(C)(C)C(CC(=O)O)NC(=O)Cc1ccc(Cl)cc1Cl. The van der Waals surface area contributed by atoms with E-state index < -0.39 is 12.0 Å². The monoisotopic (exact) mass is 331 g/mol. The molecule has 0 aromatic heterocycles. The molecule has 21 heavy (non-hydrogen) atoms. The number of carboxylic acid groups (broad SMARTS) is 1. The smallest absolute Gasteiger partial charge is 0.305 e. The molecule has 0 radical (unpaired) electrons. The lowest BCUT2D eigenvalue weighted by Gasteiger charge is -2.30. The fourth-order valence-electron chi connectivity index (χ4n) is 1.83. The van der Waals surface area contributed by atoms with Gasteiger partial charge in [-0.05, 0) is 23.1 Å². The number of halogens is 2. The predicted octanol–water partition coefficient (Wildman–Crippen LogP) is 3.54. The molecule has 0 fully saturated rings. The molecule has 1 amide bonds. The minimum Gasteiger partial charge on any atom is -0.481 e. The van der Waals surface area contributed by atoms with Crippen LogP contribution in [0, 0.1) is 5.41 Å². The number of hydrogen-bond acceptors (Lipinski definition) is 2. The van der Waals surface area contributed by atoms with Crippen LogP contribution in [-0.4, -0.2) is 23.0 Å². The number of rotatable bonds is 5. The highest BCUT2D eigenvalue weighted by atomic mass is 35.5. The van der Waals surface area contributed by atoms with Gasteiger partial charge in [0.15, 0.2) is 0 Å². The van der Waals surface area contributed by atoms with E-state index in [0.29, 0.717) is 15.6 Å². The molecule has 2 N–H and O–H groups in total. The molecule has 1 aromatic carbocycles. The topological polar surface area (TPSA) is 66.4 Å². The third-order valence-electron chi connectivity index (χ3n) is 3.13. The van der Waals surface area contributed by atoms with Crippen LogP contribution in [0.25, 0.3) is 0 Å². The summed E-state index contributed by atoms with van der Waals surface area (Å²) >= 11 is 11.8. The van der Waals surface area contributed by atoms with Gasteiger partial charge in [-0.1, -0.05) is 50.0 Å². The van der Waals surface area contributed by atoms with Crippen LogP contribution in [0.5, 0.6) is 0 Å². The molecule has 0 saturated heterocycles. The summed E-state index contributed by atoms with van der Waals surface area (Å²) in [5.74, 6) is -1.21. The first kappa shape index (κ1) is 17.8. The highest BCUT2D eigenvalue weighted by molar-refractivity contribution is 6.35. The first-order chi connectivity index (χ1) is 9.59. The normalized spacial score (nSPS) is 12.8. The predicted molar refractivity (Wildman–Crippen MR) is 83.8 cm³/mol. The molecule has 6 heteroatoms. The molecular weight excluding hydrogens is 313 g/mol. The van der Waals surface area contributed by atoms with Crippen LogP contribution in [0.15, 0.2) is 18.2 Å². The maximum atomic E-state index is 12.1. The second kappa shape index (κ2) is 7.14. The minimum absolute atomic E-state index is 0.0855. The maximum absolute atomic E-state index is 12.1. The van der Waals surface area contributed by atoms with E-state index in [-0.39, 0.29) is 24.2 Å². The number of amides is 1. The van der Waals surface area contributed by atoms with Crippen LogP contribution in [0.3, 0.4) is 0 Å². The van der Waals surface area contributed by atoms with E-state index in [1.54, 1.807) is 18.2 Å². The van der Waals surface area contributed by atoms with Gasteiger partial charge in [0.2, 0.25) is 5.91 Å². The van der Waals surface area contributed by atoms with Gasteiger partial charge in [-0.3, -0.25) is 9.59 Å². The minimum atomic E-state index is -0.945. The van der Waals surface area contributed by atoms with Crippen molar-refractivity contribution in [2.24, 2.45) is 5.41 Å². The third kappa shape index (κ3) is 5.94. The number of carbonyl (C=O) groups is 2. The average Bonchev–Trinajstić information content (AvgIpc) is 2.30. The second-order valence-electron chi connectivity index (χ2n) is 6.00. The number of hydrogen-bond donors (Lipinski definition) is 2. The Bertz CT molecular complexity index is 538. The summed E-state index contributed by atoms with van der Waals surface area (Å²) in [6, 6.07) is 4.47. The number of nitrogens with one attached hydrogen (secondary N) is 1. The van der Waals surface area contributed by atoms with E-state index >= 15 is 0 Å². The summed E-state index contributed by atoms with van der Waals surface area (Å²) in [7, 11) is 0.